The second kappa shape index (κ2) is 12.2. The van der Waals surface area contributed by atoms with Gasteiger partial charge < -0.3 is 19.7 Å². The Balaban J connectivity index is 0.00000385. The van der Waals surface area contributed by atoms with E-state index in [1.165, 1.54) is 7.11 Å². The lowest BCUT2D eigenvalue weighted by atomic mass is 10.0. The molecule has 1 aromatic heterocycles. The van der Waals surface area contributed by atoms with E-state index in [1.54, 1.807) is 62.0 Å². The van der Waals surface area contributed by atoms with Gasteiger partial charge in [-0.2, -0.15) is 0 Å². The predicted molar refractivity (Wildman–Crippen MR) is 123 cm³/mol. The third-order valence-electron chi connectivity index (χ3n) is 4.87. The standard InChI is InChI=1S/C24H21Cl2NO5.H2O/c1-30-21-7-6-17(10-23(21)31-2)22(11-18-19(25)12-27-13-20(18)26)32-24(29)9-15-4-3-5-16(8-15)14-28;/h3-8,10,12-14,22H,9,11H2,1-2H3;1H2/t22-;/m0./s1. The summed E-state index contributed by atoms with van der Waals surface area (Å²) in [7, 11) is 3.08. The molecule has 2 aromatic carbocycles. The van der Waals surface area contributed by atoms with Crippen LogP contribution in [0.5, 0.6) is 11.5 Å². The number of ether oxygens (including phenoxy) is 3. The van der Waals surface area contributed by atoms with E-state index >= 15 is 0 Å². The SMILES string of the molecule is COc1ccc([C@H](Cc2c(Cl)c[nH+]cc2Cl)OC(=O)Cc2cccc(C=O)c2)cc1OC.[OH-]. The quantitative estimate of drug-likeness (QED) is 0.321. The molecule has 1 atom stereocenters. The van der Waals surface area contributed by atoms with Gasteiger partial charge in [-0.05, 0) is 29.3 Å². The molecule has 2 N–H and O–H groups in total. The van der Waals surface area contributed by atoms with Crippen LogP contribution in [0.2, 0.25) is 10.0 Å². The minimum absolute atomic E-state index is 0. The summed E-state index contributed by atoms with van der Waals surface area (Å²) in [6.45, 7) is 0. The average Bonchev–Trinajstić information content (AvgIpc) is 2.80. The third-order valence-corrected chi connectivity index (χ3v) is 5.55. The molecule has 0 amide bonds. The number of rotatable bonds is 9. The van der Waals surface area contributed by atoms with Crippen LogP contribution in [-0.2, 0) is 22.4 Å². The molecule has 3 aromatic rings. The minimum Gasteiger partial charge on any atom is -0.870 e. The van der Waals surface area contributed by atoms with Crippen LogP contribution in [-0.4, -0.2) is 32.0 Å². The van der Waals surface area contributed by atoms with E-state index in [0.717, 1.165) is 6.29 Å². The predicted octanol–water partition coefficient (Wildman–Crippen LogP) is 4.53. The molecule has 0 aliphatic heterocycles. The van der Waals surface area contributed by atoms with Crippen molar-refractivity contribution in [2.24, 2.45) is 0 Å². The van der Waals surface area contributed by atoms with Crippen molar-refractivity contribution in [3.63, 3.8) is 0 Å². The second-order valence-electron chi connectivity index (χ2n) is 6.97. The molecule has 3 rings (SSSR count). The second-order valence-corrected chi connectivity index (χ2v) is 7.78. The fraction of sp³-hybridized carbons (Fsp3) is 0.208. The van der Waals surface area contributed by atoms with Gasteiger partial charge in [0.2, 0.25) is 0 Å². The van der Waals surface area contributed by atoms with Crippen LogP contribution >= 0.6 is 23.2 Å². The zero-order valence-corrected chi connectivity index (χ0v) is 19.5. The molecule has 0 unspecified atom stereocenters. The maximum absolute atomic E-state index is 12.8. The van der Waals surface area contributed by atoms with E-state index in [0.29, 0.717) is 43.8 Å². The third kappa shape index (κ3) is 6.68. The molecular weight excluding hydrogens is 469 g/mol. The Hall–Kier alpha value is -3.13. The molecule has 0 saturated carbocycles. The number of hydrogen-bond acceptors (Lipinski definition) is 6. The highest BCUT2D eigenvalue weighted by Crippen LogP contribution is 2.35. The van der Waals surface area contributed by atoms with Gasteiger partial charge in [-0.15, -0.1) is 0 Å². The number of carbonyl (C=O) groups excluding carboxylic acids is 2. The summed E-state index contributed by atoms with van der Waals surface area (Å²) in [5.74, 6) is 0.600. The Labute approximate surface area is 201 Å². The molecular formula is C24H23Cl2NO6. The van der Waals surface area contributed by atoms with Crippen LogP contribution in [0.15, 0.2) is 54.9 Å². The number of pyridine rings is 1. The highest BCUT2D eigenvalue weighted by molar-refractivity contribution is 6.35. The minimum atomic E-state index is -0.686. The number of halogens is 2. The summed E-state index contributed by atoms with van der Waals surface area (Å²) < 4.78 is 16.5. The van der Waals surface area contributed by atoms with Gasteiger partial charge in [0.25, 0.3) is 0 Å². The zero-order valence-electron chi connectivity index (χ0n) is 18.0. The number of H-pyrrole nitrogens is 1. The van der Waals surface area contributed by atoms with Crippen LogP contribution in [0.4, 0.5) is 0 Å². The molecule has 7 nitrogen and oxygen atoms in total. The first-order valence-electron chi connectivity index (χ1n) is 9.74. The van der Waals surface area contributed by atoms with Crippen LogP contribution in [0.3, 0.4) is 0 Å². The van der Waals surface area contributed by atoms with E-state index in [4.69, 9.17) is 37.4 Å². The van der Waals surface area contributed by atoms with Crippen molar-refractivity contribution in [2.75, 3.05) is 14.2 Å². The molecule has 0 bridgehead atoms. The topological polar surface area (TPSA) is 106 Å². The Kier molecular flexibility index (Phi) is 9.66. The largest absolute Gasteiger partial charge is 0.870 e. The first kappa shape index (κ1) is 26.1. The Morgan fingerprint density at radius 3 is 2.36 bits per heavy atom. The Bertz CT molecular complexity index is 1100. The Morgan fingerprint density at radius 2 is 1.73 bits per heavy atom. The van der Waals surface area contributed by atoms with Gasteiger partial charge in [0, 0.05) is 17.5 Å². The molecule has 9 heteroatoms. The maximum Gasteiger partial charge on any atom is 0.310 e. The number of hydrogen-bond donors (Lipinski definition) is 0. The number of aromatic amines is 1. The van der Waals surface area contributed by atoms with Crippen molar-refractivity contribution >= 4 is 35.5 Å². The fourth-order valence-corrected chi connectivity index (χ4v) is 3.81. The van der Waals surface area contributed by atoms with Crippen molar-refractivity contribution in [3.05, 3.63) is 87.2 Å². The molecule has 0 aliphatic rings. The van der Waals surface area contributed by atoms with Crippen LogP contribution in [0.25, 0.3) is 0 Å². The number of benzene rings is 2. The first-order chi connectivity index (χ1) is 15.4. The van der Waals surface area contributed by atoms with Crippen molar-refractivity contribution in [2.45, 2.75) is 18.9 Å². The van der Waals surface area contributed by atoms with E-state index < -0.39 is 12.1 Å². The van der Waals surface area contributed by atoms with Gasteiger partial charge >= 0.3 is 5.97 Å². The smallest absolute Gasteiger partial charge is 0.310 e. The van der Waals surface area contributed by atoms with Crippen molar-refractivity contribution < 1.29 is 34.3 Å². The van der Waals surface area contributed by atoms with Gasteiger partial charge in [-0.1, -0.05) is 47.5 Å². The van der Waals surface area contributed by atoms with E-state index in [2.05, 4.69) is 4.98 Å². The highest BCUT2D eigenvalue weighted by atomic mass is 35.5. The lowest BCUT2D eigenvalue weighted by Crippen LogP contribution is -2.17. The van der Waals surface area contributed by atoms with Gasteiger partial charge in [0.05, 0.1) is 20.6 Å². The lowest BCUT2D eigenvalue weighted by Gasteiger charge is -2.20. The zero-order chi connectivity index (χ0) is 23.1. The lowest BCUT2D eigenvalue weighted by molar-refractivity contribution is -0.377. The summed E-state index contributed by atoms with van der Waals surface area (Å²) >= 11 is 12.7. The van der Waals surface area contributed by atoms with Gasteiger partial charge in [-0.3, -0.25) is 9.59 Å². The molecule has 0 saturated heterocycles. The van der Waals surface area contributed by atoms with Crippen LogP contribution in [0.1, 0.15) is 33.2 Å². The number of aldehydes is 1. The van der Waals surface area contributed by atoms with E-state index in [1.807, 2.05) is 0 Å². The summed E-state index contributed by atoms with van der Waals surface area (Å²) in [5, 5.41) is 0.857. The summed E-state index contributed by atoms with van der Waals surface area (Å²) in [6, 6.07) is 12.1. The number of nitrogens with one attached hydrogen (secondary N) is 1. The number of methoxy groups -OCH3 is 2. The molecule has 174 valence electrons. The Morgan fingerprint density at radius 1 is 1.03 bits per heavy atom. The fourth-order valence-electron chi connectivity index (χ4n) is 3.28. The van der Waals surface area contributed by atoms with Crippen molar-refractivity contribution in [1.29, 1.82) is 0 Å². The monoisotopic (exact) mass is 491 g/mol. The molecule has 0 radical (unpaired) electrons. The van der Waals surface area contributed by atoms with Gasteiger partial charge in [-0.25, -0.2) is 4.98 Å². The maximum atomic E-state index is 12.8. The van der Waals surface area contributed by atoms with Crippen LogP contribution in [0, 0.1) is 0 Å². The van der Waals surface area contributed by atoms with Gasteiger partial charge in [0.15, 0.2) is 23.9 Å². The van der Waals surface area contributed by atoms with E-state index in [-0.39, 0.29) is 18.3 Å². The highest BCUT2D eigenvalue weighted by Gasteiger charge is 2.23. The van der Waals surface area contributed by atoms with Gasteiger partial charge in [0.1, 0.15) is 22.4 Å². The normalized spacial score (nSPS) is 11.2. The van der Waals surface area contributed by atoms with Crippen molar-refractivity contribution in [3.8, 4) is 11.5 Å². The number of carbonyl (C=O) groups is 2. The van der Waals surface area contributed by atoms with Crippen LogP contribution < -0.4 is 14.5 Å². The molecule has 33 heavy (non-hydrogen) atoms. The molecule has 1 heterocycles. The average molecular weight is 492 g/mol. The molecule has 0 fully saturated rings. The summed E-state index contributed by atoms with van der Waals surface area (Å²) in [5.41, 5.74) is 2.50. The molecule has 0 spiro atoms. The molecule has 0 aliphatic carbocycles. The summed E-state index contributed by atoms with van der Waals surface area (Å²) in [4.78, 5) is 26.7. The van der Waals surface area contributed by atoms with E-state index in [9.17, 15) is 9.59 Å². The first-order valence-corrected chi connectivity index (χ1v) is 10.5. The summed E-state index contributed by atoms with van der Waals surface area (Å²) in [6.07, 6.45) is 3.53. The number of aromatic nitrogens is 1. The number of esters is 1. The van der Waals surface area contributed by atoms with Crippen molar-refractivity contribution in [1.82, 2.24) is 0 Å².